The Morgan fingerprint density at radius 1 is 1.06 bits per heavy atom. The van der Waals surface area contributed by atoms with Gasteiger partial charge in [-0.05, 0) is 30.3 Å². The van der Waals surface area contributed by atoms with Crippen molar-refractivity contribution in [3.8, 4) is 11.5 Å². The molecule has 2 amide bonds. The number of piperazine rings is 1. The number of alkyl halides is 3. The molecule has 184 valence electrons. The van der Waals surface area contributed by atoms with Gasteiger partial charge in [-0.3, -0.25) is 0 Å². The van der Waals surface area contributed by atoms with Gasteiger partial charge in [0.1, 0.15) is 12.4 Å². The summed E-state index contributed by atoms with van der Waals surface area (Å²) >= 11 is 0. The van der Waals surface area contributed by atoms with E-state index in [1.165, 1.54) is 12.1 Å². The lowest BCUT2D eigenvalue weighted by Gasteiger charge is -2.35. The number of nitrogens with one attached hydrogen (secondary N) is 1. The molecule has 3 aromatic rings. The van der Waals surface area contributed by atoms with Gasteiger partial charge < -0.3 is 30.3 Å². The predicted molar refractivity (Wildman–Crippen MR) is 121 cm³/mol. The normalized spacial score (nSPS) is 13.9. The van der Waals surface area contributed by atoms with E-state index in [0.29, 0.717) is 43.4 Å². The number of nitrogens with two attached hydrogens (primary N) is 1. The van der Waals surface area contributed by atoms with Crippen molar-refractivity contribution in [2.75, 3.05) is 42.1 Å². The van der Waals surface area contributed by atoms with E-state index >= 15 is 0 Å². The molecule has 0 spiro atoms. The molecule has 10 nitrogen and oxygen atoms in total. The number of rotatable bonds is 6. The van der Waals surface area contributed by atoms with Crippen LogP contribution < -0.4 is 25.4 Å². The number of carbonyl (C=O) groups excluding carboxylic acids is 1. The van der Waals surface area contributed by atoms with Crippen LogP contribution in [0, 0.1) is 0 Å². The summed E-state index contributed by atoms with van der Waals surface area (Å²) in [6.45, 7) is 1.91. The van der Waals surface area contributed by atoms with E-state index < -0.39 is 18.1 Å². The van der Waals surface area contributed by atoms with Gasteiger partial charge in [0.05, 0.1) is 5.69 Å². The number of pyridine rings is 1. The lowest BCUT2D eigenvalue weighted by molar-refractivity contribution is -0.274. The number of nitrogen functional groups attached to an aromatic ring is 1. The van der Waals surface area contributed by atoms with Crippen molar-refractivity contribution in [1.29, 1.82) is 0 Å². The number of urea groups is 1. The zero-order valence-corrected chi connectivity index (χ0v) is 18.4. The summed E-state index contributed by atoms with van der Waals surface area (Å²) in [4.78, 5) is 28.6. The number of anilines is 3. The topological polar surface area (TPSA) is 119 Å². The van der Waals surface area contributed by atoms with Crippen molar-refractivity contribution in [3.05, 3.63) is 60.6 Å². The second kappa shape index (κ2) is 10.3. The average molecular weight is 489 g/mol. The van der Waals surface area contributed by atoms with Crippen molar-refractivity contribution >= 4 is 23.5 Å². The first kappa shape index (κ1) is 23.9. The van der Waals surface area contributed by atoms with Crippen LogP contribution in [-0.2, 0) is 6.61 Å². The van der Waals surface area contributed by atoms with Gasteiger partial charge in [-0.25, -0.2) is 19.7 Å². The summed E-state index contributed by atoms with van der Waals surface area (Å²) in [6, 6.07) is 9.96. The molecule has 1 fully saturated rings. The largest absolute Gasteiger partial charge is 0.573 e. The summed E-state index contributed by atoms with van der Waals surface area (Å²) in [5.41, 5.74) is 6.43. The Morgan fingerprint density at radius 3 is 2.60 bits per heavy atom. The molecule has 0 radical (unpaired) electrons. The molecule has 13 heteroatoms. The van der Waals surface area contributed by atoms with E-state index in [9.17, 15) is 18.0 Å². The molecule has 3 heterocycles. The fourth-order valence-electron chi connectivity index (χ4n) is 3.47. The Bertz CT molecular complexity index is 1170. The molecular weight excluding hydrogens is 467 g/mol. The molecule has 0 unspecified atom stereocenters. The van der Waals surface area contributed by atoms with Gasteiger partial charge >= 0.3 is 12.4 Å². The summed E-state index contributed by atoms with van der Waals surface area (Å²) in [5.74, 6) is 0.939. The van der Waals surface area contributed by atoms with E-state index in [1.54, 1.807) is 35.5 Å². The third-order valence-corrected chi connectivity index (χ3v) is 5.04. The van der Waals surface area contributed by atoms with Gasteiger partial charge in [-0.15, -0.1) is 13.2 Å². The van der Waals surface area contributed by atoms with Crippen LogP contribution >= 0.6 is 0 Å². The molecule has 35 heavy (non-hydrogen) atoms. The molecular formula is C22H22F3N7O3. The molecule has 2 aromatic heterocycles. The molecule has 0 saturated carbocycles. The second-order valence-electron chi connectivity index (χ2n) is 7.50. The molecule has 1 saturated heterocycles. The Hall–Kier alpha value is -4.29. The first-order valence-corrected chi connectivity index (χ1v) is 10.6. The van der Waals surface area contributed by atoms with E-state index in [1.807, 2.05) is 4.90 Å². The average Bonchev–Trinajstić information content (AvgIpc) is 2.82. The third-order valence-electron chi connectivity index (χ3n) is 5.04. The minimum Gasteiger partial charge on any atom is -0.483 e. The third kappa shape index (κ3) is 6.62. The fourth-order valence-corrected chi connectivity index (χ4v) is 3.47. The lowest BCUT2D eigenvalue weighted by Crippen LogP contribution is -2.50. The first-order valence-electron chi connectivity index (χ1n) is 10.6. The number of aromatic nitrogens is 3. The number of carbonyl (C=O) groups is 1. The van der Waals surface area contributed by atoms with Crippen LogP contribution in [0.2, 0.25) is 0 Å². The highest BCUT2D eigenvalue weighted by molar-refractivity contribution is 5.89. The maximum atomic E-state index is 12.6. The van der Waals surface area contributed by atoms with Crippen molar-refractivity contribution in [2.45, 2.75) is 13.0 Å². The van der Waals surface area contributed by atoms with Crippen molar-refractivity contribution in [2.24, 2.45) is 0 Å². The maximum absolute atomic E-state index is 12.6. The Labute approximate surface area is 198 Å². The van der Waals surface area contributed by atoms with Crippen LogP contribution in [0.5, 0.6) is 11.5 Å². The zero-order chi connectivity index (χ0) is 24.8. The summed E-state index contributed by atoms with van der Waals surface area (Å²) < 4.78 is 47.1. The van der Waals surface area contributed by atoms with Crippen LogP contribution in [0.1, 0.15) is 5.69 Å². The van der Waals surface area contributed by atoms with Gasteiger partial charge in [0.15, 0.2) is 11.6 Å². The highest BCUT2D eigenvalue weighted by Gasteiger charge is 2.31. The minimum absolute atomic E-state index is 0.159. The summed E-state index contributed by atoms with van der Waals surface area (Å²) in [5, 5.41) is 2.61. The highest BCUT2D eigenvalue weighted by Crippen LogP contribution is 2.28. The Morgan fingerprint density at radius 2 is 1.86 bits per heavy atom. The number of hydrogen-bond donors (Lipinski definition) is 2. The fraction of sp³-hybridized carbons (Fsp3) is 0.273. The van der Waals surface area contributed by atoms with E-state index in [0.717, 1.165) is 12.1 Å². The number of benzene rings is 1. The standard InChI is InChI=1S/C22H22F3N7O3/c23-22(24,25)35-17-4-1-3-15(13-17)30-21(33)32-11-9-31(10-12-32)19-18(5-2-7-27-19)34-14-16-6-8-28-20(26)29-16/h1-8,13H,9-12,14H2,(H,30,33)(H2,26,28,29). The molecule has 0 bridgehead atoms. The SMILES string of the molecule is Nc1nccc(COc2cccnc2N2CCN(C(=O)Nc3cccc(OC(F)(F)F)c3)CC2)n1. The summed E-state index contributed by atoms with van der Waals surface area (Å²) in [7, 11) is 0. The first-order chi connectivity index (χ1) is 16.8. The molecule has 3 N–H and O–H groups in total. The Kier molecular flexibility index (Phi) is 7.03. The molecule has 0 aliphatic carbocycles. The van der Waals surface area contributed by atoms with Gasteiger partial charge in [0.2, 0.25) is 5.95 Å². The second-order valence-corrected chi connectivity index (χ2v) is 7.50. The number of hydrogen-bond acceptors (Lipinski definition) is 8. The van der Waals surface area contributed by atoms with Crippen LogP contribution in [-0.4, -0.2) is 58.4 Å². The van der Waals surface area contributed by atoms with E-state index in [4.69, 9.17) is 10.5 Å². The monoisotopic (exact) mass is 489 g/mol. The number of amides is 2. The molecule has 1 aliphatic rings. The van der Waals surface area contributed by atoms with Crippen molar-refractivity contribution in [1.82, 2.24) is 19.9 Å². The van der Waals surface area contributed by atoms with Crippen LogP contribution in [0.25, 0.3) is 0 Å². The molecule has 1 aromatic carbocycles. The van der Waals surface area contributed by atoms with Gasteiger partial charge in [-0.1, -0.05) is 6.07 Å². The zero-order valence-electron chi connectivity index (χ0n) is 18.4. The molecule has 4 rings (SSSR count). The smallest absolute Gasteiger partial charge is 0.483 e. The van der Waals surface area contributed by atoms with Crippen LogP contribution in [0.3, 0.4) is 0 Å². The number of nitrogens with zero attached hydrogens (tertiary/aromatic N) is 5. The van der Waals surface area contributed by atoms with Crippen LogP contribution in [0.4, 0.5) is 35.4 Å². The maximum Gasteiger partial charge on any atom is 0.573 e. The van der Waals surface area contributed by atoms with Gasteiger partial charge in [0.25, 0.3) is 0 Å². The Balaban J connectivity index is 1.33. The van der Waals surface area contributed by atoms with Crippen LogP contribution in [0.15, 0.2) is 54.9 Å². The summed E-state index contributed by atoms with van der Waals surface area (Å²) in [6.07, 6.45) is -1.61. The van der Waals surface area contributed by atoms with E-state index in [2.05, 4.69) is 25.0 Å². The van der Waals surface area contributed by atoms with Gasteiger partial charge in [0, 0.05) is 50.3 Å². The van der Waals surface area contributed by atoms with Crippen molar-refractivity contribution in [3.63, 3.8) is 0 Å². The number of halogens is 3. The minimum atomic E-state index is -4.81. The van der Waals surface area contributed by atoms with Crippen molar-refractivity contribution < 1.29 is 27.4 Å². The van der Waals surface area contributed by atoms with Gasteiger partial charge in [-0.2, -0.15) is 0 Å². The molecule has 1 aliphatic heterocycles. The number of ether oxygens (including phenoxy) is 2. The highest BCUT2D eigenvalue weighted by atomic mass is 19.4. The molecule has 0 atom stereocenters. The lowest BCUT2D eigenvalue weighted by atomic mass is 10.3. The predicted octanol–water partition coefficient (Wildman–Crippen LogP) is 3.29. The quantitative estimate of drug-likeness (QED) is 0.542. The van der Waals surface area contributed by atoms with E-state index in [-0.39, 0.29) is 18.2 Å².